The van der Waals surface area contributed by atoms with E-state index >= 15 is 0 Å². The van der Waals surface area contributed by atoms with Gasteiger partial charge in [0.15, 0.2) is 11.9 Å². The van der Waals surface area contributed by atoms with E-state index in [0.717, 1.165) is 4.90 Å². The van der Waals surface area contributed by atoms with Gasteiger partial charge in [0.2, 0.25) is 88.6 Å². The number of phenolic OH excluding ortho intramolecular Hbond substituents is 1. The number of likely N-dealkylation sites (tertiary alicyclic amines) is 1. The van der Waals surface area contributed by atoms with Crippen LogP contribution in [0.5, 0.6) is 5.75 Å². The fourth-order valence-electron chi connectivity index (χ4n) is 11.9. The van der Waals surface area contributed by atoms with Crippen molar-refractivity contribution in [1.82, 2.24) is 79.3 Å². The Morgan fingerprint density at radius 1 is 0.474 bits per heavy atom. The fraction of sp³-hybridized carbons (Fsp3) is 0.667. The number of carbonyl (C=O) groups excluding carboxylic acids is 15. The van der Waals surface area contributed by atoms with Crippen molar-refractivity contribution in [3.63, 3.8) is 0 Å². The second-order valence-corrected chi connectivity index (χ2v) is 30.2. The van der Waals surface area contributed by atoms with E-state index in [9.17, 15) is 97.1 Å². The number of carboxylic acid groups (broad SMARTS) is 1. The second-order valence-electron chi connectivity index (χ2n) is 30.2. The number of aliphatic carboxylic acids is 1. The Morgan fingerprint density at radius 3 is 1.32 bits per heavy atom. The van der Waals surface area contributed by atoms with Gasteiger partial charge in [0.25, 0.3) is 0 Å². The fourth-order valence-corrected chi connectivity index (χ4v) is 11.9. The van der Waals surface area contributed by atoms with E-state index in [1.165, 1.54) is 52.0 Å². The van der Waals surface area contributed by atoms with Gasteiger partial charge in [-0.25, -0.2) is 4.79 Å². The molecule has 0 aromatic heterocycles. The van der Waals surface area contributed by atoms with Crippen LogP contribution in [-0.4, -0.2) is 249 Å². The monoisotopic (exact) mass is 1610 g/mol. The summed E-state index contributed by atoms with van der Waals surface area (Å²) < 4.78 is 0. The van der Waals surface area contributed by atoms with E-state index in [1.54, 1.807) is 41.5 Å². The number of aromatic hydroxyl groups is 1. The van der Waals surface area contributed by atoms with Crippen molar-refractivity contribution < 1.29 is 97.1 Å². The van der Waals surface area contributed by atoms with Crippen molar-refractivity contribution in [2.45, 2.75) is 251 Å². The van der Waals surface area contributed by atoms with E-state index in [2.05, 4.69) is 74.4 Å². The van der Waals surface area contributed by atoms with Crippen LogP contribution in [0, 0.1) is 40.4 Å². The molecule has 0 bridgehead atoms. The second kappa shape index (κ2) is 48.8. The highest BCUT2D eigenvalue weighted by Crippen LogP contribution is 2.22. The number of primary amides is 2. The van der Waals surface area contributed by atoms with Crippen LogP contribution < -0.4 is 103 Å². The first-order valence-electron chi connectivity index (χ1n) is 37.9. The predicted molar refractivity (Wildman–Crippen MR) is 414 cm³/mol. The maximum Gasteiger partial charge on any atom is 0.326 e. The number of hydrogen-bond donors (Lipinski definition) is 25. The summed E-state index contributed by atoms with van der Waals surface area (Å²) in [7, 11) is 0. The lowest BCUT2D eigenvalue weighted by Gasteiger charge is -2.31. The molecular formula is C72H122N22O20. The van der Waals surface area contributed by atoms with Crippen LogP contribution in [0.2, 0.25) is 0 Å². The van der Waals surface area contributed by atoms with Crippen molar-refractivity contribution in [1.29, 1.82) is 10.8 Å². The Morgan fingerprint density at radius 2 is 0.877 bits per heavy atom. The van der Waals surface area contributed by atoms with E-state index in [4.69, 9.17) is 39.5 Å². The third-order valence-electron chi connectivity index (χ3n) is 18.2. The molecule has 0 radical (unpaired) electrons. The highest BCUT2D eigenvalue weighted by atomic mass is 16.4. The zero-order valence-electron chi connectivity index (χ0n) is 66.8. The average molecular weight is 1620 g/mol. The van der Waals surface area contributed by atoms with Crippen LogP contribution in [0.1, 0.15) is 159 Å². The third kappa shape index (κ3) is 34.9. The summed E-state index contributed by atoms with van der Waals surface area (Å²) in [5, 5.41) is 91.7. The van der Waals surface area contributed by atoms with Crippen LogP contribution >= 0.6 is 0 Å². The SMILES string of the molecule is CC(C)C[C@H](NC(=O)[C@@H](NC(=O)[C@H](CCCNC(=N)N)NC(=O)[C@H](CCCNC(=N)N)NC(=O)[C@@H](NC(=O)[C@@H](NC(=O)[C@H](C)NC(=O)[C@@H](N)CC(C)C)[C@@H](C)O)C(C)C)C(C)C)C(=O)N[C@@H](CO)C(=O)N[C@@H](Cc1ccc(O)cc1)C(=O)N1CCC[C@H]1C(=O)N[C@@H](CCC(N)=O)C(=O)N[C@H](C(=O)N[C@@H](CC(N)=O)C(=O)O)C(C)C. The highest BCUT2D eigenvalue weighted by Gasteiger charge is 2.43. The van der Waals surface area contributed by atoms with Gasteiger partial charge in [0, 0.05) is 32.5 Å². The zero-order chi connectivity index (χ0) is 86.7. The van der Waals surface area contributed by atoms with E-state index in [0.29, 0.717) is 12.0 Å². The number of hydrogen-bond acceptors (Lipinski definition) is 22. The molecule has 1 heterocycles. The number of phenols is 1. The van der Waals surface area contributed by atoms with E-state index < -0.39 is 241 Å². The summed E-state index contributed by atoms with van der Waals surface area (Å²) in [5.41, 5.74) is 28.0. The molecule has 1 fully saturated rings. The smallest absolute Gasteiger partial charge is 0.326 e. The molecule has 0 unspecified atom stereocenters. The molecule has 114 heavy (non-hydrogen) atoms. The van der Waals surface area contributed by atoms with Crippen LogP contribution in [0.4, 0.5) is 0 Å². The van der Waals surface area contributed by atoms with Crippen LogP contribution in [0.15, 0.2) is 24.3 Å². The number of rotatable bonds is 50. The number of guanidine groups is 2. The highest BCUT2D eigenvalue weighted by molar-refractivity contribution is 6.01. The van der Waals surface area contributed by atoms with Gasteiger partial charge in [-0.05, 0) is 119 Å². The van der Waals surface area contributed by atoms with Gasteiger partial charge < -0.3 is 128 Å². The summed E-state index contributed by atoms with van der Waals surface area (Å²) >= 11 is 0. The zero-order valence-corrected chi connectivity index (χ0v) is 66.8. The Balaban J connectivity index is 2.54. The minimum Gasteiger partial charge on any atom is -0.508 e. The summed E-state index contributed by atoms with van der Waals surface area (Å²) in [6.07, 6.45) is -3.47. The standard InChI is InChI=1S/C72H122N22O20/c1-33(2)28-42(73)58(101)82-38(11)57(100)93-56(39(12)96)68(111)92-55(37(9)10)65(108)85-43(16-13-25-80-71(76)77)59(102)83-44(17-14-26-81-72(78)79)60(103)90-53(35(5)6)66(109)86-46(29-34(3)4)62(105)89-49(32-95)63(106)87-47(30-40-19-21-41(97)22-20-40)69(112)94-27-15-18-50(94)64(107)84-45(23-24-51(74)98)61(104)91-54(36(7)8)67(110)88-48(70(113)114)31-52(75)99/h19-22,33-39,42-50,53-56,95-97H,13-18,23-32,73H2,1-12H3,(H2,74,98)(H2,75,99)(H,82,101)(H,83,102)(H,84,107)(H,85,108)(H,86,109)(H,87,106)(H,88,110)(H,89,105)(H,90,103)(H,91,104)(H,92,111)(H,93,100)(H,113,114)(H4,76,77,80)(H4,78,79,81)/t38-,39+,42-,43-,44-,45-,46-,47-,48-,49-,50-,53-,54-,55-,56-/m0/s1. The van der Waals surface area contributed by atoms with E-state index in [-0.39, 0.29) is 88.6 Å². The lowest BCUT2D eigenvalue weighted by atomic mass is 9.98. The lowest BCUT2D eigenvalue weighted by molar-refractivity contribution is -0.144. The average Bonchev–Trinajstić information content (AvgIpc) is 1.83. The minimum absolute atomic E-state index is 0.00189. The Hall–Kier alpha value is -11.0. The van der Waals surface area contributed by atoms with E-state index in [1.807, 2.05) is 13.8 Å². The molecule has 2 rings (SSSR count). The van der Waals surface area contributed by atoms with Crippen LogP contribution in [0.3, 0.4) is 0 Å². The summed E-state index contributed by atoms with van der Waals surface area (Å²) in [6, 6.07) is -15.6. The summed E-state index contributed by atoms with van der Waals surface area (Å²) in [4.78, 5) is 220. The maximum atomic E-state index is 14.9. The number of nitrogens with one attached hydrogen (secondary N) is 16. The molecular weight excluding hydrogens is 1490 g/mol. The Kier molecular flexibility index (Phi) is 42.4. The van der Waals surface area contributed by atoms with Gasteiger partial charge >= 0.3 is 5.97 Å². The normalized spacial score (nSPS) is 16.3. The van der Waals surface area contributed by atoms with Crippen molar-refractivity contribution >= 4 is 106 Å². The molecule has 0 aliphatic carbocycles. The first kappa shape index (κ1) is 99.0. The molecule has 0 saturated carbocycles. The molecule has 1 aliphatic heterocycles. The molecule has 640 valence electrons. The largest absolute Gasteiger partial charge is 0.508 e. The molecule has 1 aliphatic rings. The van der Waals surface area contributed by atoms with Crippen molar-refractivity contribution in [3.8, 4) is 5.75 Å². The van der Waals surface area contributed by atoms with Gasteiger partial charge in [-0.3, -0.25) is 82.7 Å². The van der Waals surface area contributed by atoms with Crippen LogP contribution in [-0.2, 0) is 83.1 Å². The van der Waals surface area contributed by atoms with Gasteiger partial charge in [0.1, 0.15) is 84.3 Å². The van der Waals surface area contributed by atoms with Crippen molar-refractivity contribution in [2.24, 2.45) is 58.3 Å². The number of carbonyl (C=O) groups is 16. The molecule has 15 amide bonds. The summed E-state index contributed by atoms with van der Waals surface area (Å²) in [6.45, 7) is 17.6. The number of aliphatic hydroxyl groups is 2. The number of amides is 15. The Labute approximate surface area is 662 Å². The first-order chi connectivity index (χ1) is 53.2. The van der Waals surface area contributed by atoms with Crippen molar-refractivity contribution in [3.05, 3.63) is 29.8 Å². The maximum absolute atomic E-state index is 14.9. The van der Waals surface area contributed by atoms with Gasteiger partial charge in [-0.2, -0.15) is 0 Å². The lowest BCUT2D eigenvalue weighted by Crippen LogP contribution is -2.62. The number of nitrogens with zero attached hydrogens (tertiary/aromatic N) is 1. The number of benzene rings is 1. The number of aliphatic hydroxyl groups excluding tert-OH is 2. The quantitative estimate of drug-likeness (QED) is 0.0164. The van der Waals surface area contributed by atoms with Gasteiger partial charge in [-0.15, -0.1) is 0 Å². The predicted octanol–water partition coefficient (Wildman–Crippen LogP) is -6.72. The topological polar surface area (TPSA) is 704 Å². The molecule has 30 N–H and O–H groups in total. The molecule has 1 saturated heterocycles. The number of nitrogens with two attached hydrogens (primary N) is 5. The molecule has 1 aromatic rings. The minimum atomic E-state index is -1.86. The van der Waals surface area contributed by atoms with Crippen LogP contribution in [0.25, 0.3) is 0 Å². The third-order valence-corrected chi connectivity index (χ3v) is 18.2. The molecule has 0 spiro atoms. The van der Waals surface area contributed by atoms with Gasteiger partial charge in [0.05, 0.1) is 25.2 Å². The molecule has 15 atom stereocenters. The molecule has 42 heteroatoms. The van der Waals surface area contributed by atoms with Gasteiger partial charge in [-0.1, -0.05) is 81.4 Å². The number of carboxylic acids is 1. The Bertz CT molecular complexity index is 3510. The molecule has 1 aromatic carbocycles. The van der Waals surface area contributed by atoms with Crippen molar-refractivity contribution in [2.75, 3.05) is 26.2 Å². The summed E-state index contributed by atoms with van der Waals surface area (Å²) in [5.74, 6) is -19.5. The first-order valence-corrected chi connectivity index (χ1v) is 37.9. The molecule has 42 nitrogen and oxygen atoms in total.